The largest absolute Gasteiger partial charge is 0.353 e. The van der Waals surface area contributed by atoms with Gasteiger partial charge in [-0.05, 0) is 36.3 Å². The number of pyridine rings is 1. The molecule has 0 spiro atoms. The lowest BCUT2D eigenvalue weighted by Crippen LogP contribution is -2.52. The van der Waals surface area contributed by atoms with Gasteiger partial charge in [0.2, 0.25) is 0 Å². The Balaban J connectivity index is 0.00000320. The van der Waals surface area contributed by atoms with E-state index in [9.17, 15) is 0 Å². The predicted molar refractivity (Wildman–Crippen MR) is 137 cm³/mol. The molecule has 1 aliphatic heterocycles. The van der Waals surface area contributed by atoms with E-state index in [-0.39, 0.29) is 24.0 Å². The highest BCUT2D eigenvalue weighted by molar-refractivity contribution is 14.0. The minimum absolute atomic E-state index is 0. The van der Waals surface area contributed by atoms with Crippen LogP contribution in [0.4, 0.5) is 5.82 Å². The Morgan fingerprint density at radius 2 is 1.67 bits per heavy atom. The first-order valence-corrected chi connectivity index (χ1v) is 10.7. The molecule has 1 aliphatic rings. The Hall–Kier alpha value is -1.87. The van der Waals surface area contributed by atoms with E-state index in [0.29, 0.717) is 0 Å². The molecule has 6 nitrogen and oxygen atoms in total. The maximum absolute atomic E-state index is 4.53. The van der Waals surface area contributed by atoms with Crippen molar-refractivity contribution in [3.8, 4) is 0 Å². The fraction of sp³-hybridized carbons (Fsp3) is 0.478. The van der Waals surface area contributed by atoms with Gasteiger partial charge >= 0.3 is 0 Å². The standard InChI is InChI=1S/C23H34N6.HI/c1-4-27(5-2)19-21-11-7-6-10-20(21)18-26-23(24-3)29-16-14-28(15-17-29)22-12-8-9-13-25-22;/h6-13H,4-5,14-19H2,1-3H3,(H,24,26);1H. The summed E-state index contributed by atoms with van der Waals surface area (Å²) in [5, 5.41) is 3.58. The first kappa shape index (κ1) is 24.4. The van der Waals surface area contributed by atoms with Gasteiger partial charge in [0.15, 0.2) is 5.96 Å². The van der Waals surface area contributed by atoms with Crippen molar-refractivity contribution in [2.45, 2.75) is 26.9 Å². The number of rotatable bonds is 7. The van der Waals surface area contributed by atoms with Gasteiger partial charge in [-0.25, -0.2) is 4.98 Å². The zero-order valence-electron chi connectivity index (χ0n) is 18.4. The van der Waals surface area contributed by atoms with Gasteiger partial charge in [0.25, 0.3) is 0 Å². The summed E-state index contributed by atoms with van der Waals surface area (Å²) in [4.78, 5) is 16.1. The second-order valence-electron chi connectivity index (χ2n) is 7.29. The zero-order chi connectivity index (χ0) is 20.5. The number of anilines is 1. The summed E-state index contributed by atoms with van der Waals surface area (Å²) < 4.78 is 0. The van der Waals surface area contributed by atoms with Crippen LogP contribution in [-0.4, -0.2) is 67.1 Å². The van der Waals surface area contributed by atoms with E-state index < -0.39 is 0 Å². The molecule has 0 unspecified atom stereocenters. The van der Waals surface area contributed by atoms with Crippen LogP contribution in [0, 0.1) is 0 Å². The van der Waals surface area contributed by atoms with Gasteiger partial charge in [-0.2, -0.15) is 0 Å². The lowest BCUT2D eigenvalue weighted by Gasteiger charge is -2.37. The van der Waals surface area contributed by atoms with Crippen LogP contribution in [-0.2, 0) is 13.1 Å². The summed E-state index contributed by atoms with van der Waals surface area (Å²) in [7, 11) is 1.87. The van der Waals surface area contributed by atoms with E-state index in [1.165, 1.54) is 11.1 Å². The van der Waals surface area contributed by atoms with Crippen LogP contribution in [0.5, 0.6) is 0 Å². The van der Waals surface area contributed by atoms with Crippen molar-refractivity contribution in [3.05, 3.63) is 59.8 Å². The van der Waals surface area contributed by atoms with Gasteiger partial charge in [-0.1, -0.05) is 44.2 Å². The number of aliphatic imine (C=N–C) groups is 1. The van der Waals surface area contributed by atoms with Gasteiger partial charge in [0, 0.05) is 52.5 Å². The number of benzene rings is 1. The maximum Gasteiger partial charge on any atom is 0.194 e. The minimum atomic E-state index is 0. The number of guanidine groups is 1. The fourth-order valence-corrected chi connectivity index (χ4v) is 3.77. The molecule has 3 rings (SSSR count). The minimum Gasteiger partial charge on any atom is -0.353 e. The average Bonchev–Trinajstić information content (AvgIpc) is 2.79. The Morgan fingerprint density at radius 1 is 1.00 bits per heavy atom. The number of nitrogens with zero attached hydrogens (tertiary/aromatic N) is 5. The monoisotopic (exact) mass is 522 g/mol. The molecular weight excluding hydrogens is 487 g/mol. The van der Waals surface area contributed by atoms with Crippen LogP contribution in [0.25, 0.3) is 0 Å². The van der Waals surface area contributed by atoms with Crippen molar-refractivity contribution in [1.82, 2.24) is 20.1 Å². The van der Waals surface area contributed by atoms with Crippen LogP contribution in [0.3, 0.4) is 0 Å². The lowest BCUT2D eigenvalue weighted by molar-refractivity contribution is 0.295. The highest BCUT2D eigenvalue weighted by Crippen LogP contribution is 2.14. The van der Waals surface area contributed by atoms with Gasteiger partial charge in [-0.3, -0.25) is 9.89 Å². The van der Waals surface area contributed by atoms with Crippen molar-refractivity contribution >= 4 is 35.8 Å². The first-order chi connectivity index (χ1) is 14.2. The van der Waals surface area contributed by atoms with E-state index in [1.54, 1.807) is 0 Å². The molecule has 0 atom stereocenters. The molecule has 1 fully saturated rings. The molecule has 2 aromatic rings. The van der Waals surface area contributed by atoms with Crippen LogP contribution in [0.15, 0.2) is 53.7 Å². The van der Waals surface area contributed by atoms with Gasteiger partial charge in [0.1, 0.15) is 5.82 Å². The van der Waals surface area contributed by atoms with E-state index in [1.807, 2.05) is 25.4 Å². The van der Waals surface area contributed by atoms with Crippen molar-refractivity contribution in [2.75, 3.05) is 51.2 Å². The molecule has 1 saturated heterocycles. The molecule has 164 valence electrons. The summed E-state index contributed by atoms with van der Waals surface area (Å²) >= 11 is 0. The lowest BCUT2D eigenvalue weighted by atomic mass is 10.1. The molecule has 0 radical (unpaired) electrons. The van der Waals surface area contributed by atoms with Crippen molar-refractivity contribution in [1.29, 1.82) is 0 Å². The molecule has 1 N–H and O–H groups in total. The fourth-order valence-electron chi connectivity index (χ4n) is 3.77. The summed E-state index contributed by atoms with van der Waals surface area (Å²) in [5.74, 6) is 2.03. The average molecular weight is 522 g/mol. The third-order valence-electron chi connectivity index (χ3n) is 5.61. The van der Waals surface area contributed by atoms with E-state index in [4.69, 9.17) is 0 Å². The Morgan fingerprint density at radius 3 is 2.27 bits per heavy atom. The molecule has 0 amide bonds. The molecule has 2 heterocycles. The third-order valence-corrected chi connectivity index (χ3v) is 5.61. The van der Waals surface area contributed by atoms with Gasteiger partial charge in [0.05, 0.1) is 0 Å². The van der Waals surface area contributed by atoms with Crippen LogP contribution in [0.2, 0.25) is 0 Å². The summed E-state index contributed by atoms with van der Waals surface area (Å²) in [5.41, 5.74) is 2.73. The molecule has 0 bridgehead atoms. The van der Waals surface area contributed by atoms with E-state index >= 15 is 0 Å². The SMILES string of the molecule is CCN(CC)Cc1ccccc1CNC(=NC)N1CCN(c2ccccn2)CC1.I. The normalized spacial score (nSPS) is 14.6. The second kappa shape index (κ2) is 12.7. The van der Waals surface area contributed by atoms with Crippen LogP contribution in [0.1, 0.15) is 25.0 Å². The summed E-state index contributed by atoms with van der Waals surface area (Å²) in [6.45, 7) is 12.2. The predicted octanol–water partition coefficient (Wildman–Crippen LogP) is 3.44. The van der Waals surface area contributed by atoms with Crippen LogP contribution >= 0.6 is 24.0 Å². The van der Waals surface area contributed by atoms with Crippen molar-refractivity contribution in [2.24, 2.45) is 4.99 Å². The summed E-state index contributed by atoms with van der Waals surface area (Å²) in [6.07, 6.45) is 1.86. The van der Waals surface area contributed by atoms with E-state index in [0.717, 1.165) is 64.1 Å². The first-order valence-electron chi connectivity index (χ1n) is 10.7. The molecule has 1 aromatic carbocycles. The highest BCUT2D eigenvalue weighted by Gasteiger charge is 2.20. The Kier molecular flexibility index (Phi) is 10.4. The molecule has 1 aromatic heterocycles. The Labute approximate surface area is 198 Å². The Bertz CT molecular complexity index is 770. The van der Waals surface area contributed by atoms with E-state index in [2.05, 4.69) is 74.2 Å². The molecule has 0 saturated carbocycles. The van der Waals surface area contributed by atoms with Gasteiger partial charge in [-0.15, -0.1) is 24.0 Å². The third kappa shape index (κ3) is 6.57. The number of piperazine rings is 1. The number of nitrogens with one attached hydrogen (secondary N) is 1. The van der Waals surface area contributed by atoms with Crippen molar-refractivity contribution < 1.29 is 0 Å². The highest BCUT2D eigenvalue weighted by atomic mass is 127. The van der Waals surface area contributed by atoms with Gasteiger partial charge < -0.3 is 15.1 Å². The molecular formula is C23H35IN6. The molecule has 30 heavy (non-hydrogen) atoms. The quantitative estimate of drug-likeness (QED) is 0.343. The number of aromatic nitrogens is 1. The molecule has 0 aliphatic carbocycles. The number of halogens is 1. The molecule has 7 heteroatoms. The summed E-state index contributed by atoms with van der Waals surface area (Å²) in [6, 6.07) is 14.8. The number of hydrogen-bond donors (Lipinski definition) is 1. The van der Waals surface area contributed by atoms with Crippen molar-refractivity contribution in [3.63, 3.8) is 0 Å². The second-order valence-corrected chi connectivity index (χ2v) is 7.29. The maximum atomic E-state index is 4.53. The van der Waals surface area contributed by atoms with Crippen LogP contribution < -0.4 is 10.2 Å². The topological polar surface area (TPSA) is 47.0 Å². The number of hydrogen-bond acceptors (Lipinski definition) is 4. The zero-order valence-corrected chi connectivity index (χ0v) is 20.8. The smallest absolute Gasteiger partial charge is 0.194 e.